The maximum Gasteiger partial charge on any atom is 0.294 e. The summed E-state index contributed by atoms with van der Waals surface area (Å²) in [6.07, 6.45) is 1.60. The number of anilines is 1. The van der Waals surface area contributed by atoms with Crippen LogP contribution in [0.25, 0.3) is 6.08 Å². The molecule has 1 fully saturated rings. The molecule has 0 aliphatic carbocycles. The standard InChI is InChI=1S/C25H17Cl3N2O4S/c26-17-5-7-19(8-6-17)29-23(31)13-30-24(32)22(35-25(30)33)11-15-1-9-20(10-2-15)34-14-16-3-4-18(27)12-21(16)28/h1-12H,13-14H2,(H,29,31)/b22-11+. The minimum absolute atomic E-state index is 0.232. The summed E-state index contributed by atoms with van der Waals surface area (Å²) in [7, 11) is 0. The Morgan fingerprint density at radius 2 is 1.63 bits per heavy atom. The quantitative estimate of drug-likeness (QED) is 0.326. The number of hydrogen-bond donors (Lipinski definition) is 1. The van der Waals surface area contributed by atoms with Crippen molar-refractivity contribution in [3.63, 3.8) is 0 Å². The Bertz CT molecular complexity index is 1310. The normalized spacial score (nSPS) is 14.5. The fourth-order valence-electron chi connectivity index (χ4n) is 3.13. The second-order valence-electron chi connectivity index (χ2n) is 7.42. The second-order valence-corrected chi connectivity index (χ2v) is 9.69. The molecule has 3 aromatic rings. The monoisotopic (exact) mass is 546 g/mol. The molecule has 0 saturated carbocycles. The molecule has 0 spiro atoms. The molecule has 0 aromatic heterocycles. The van der Waals surface area contributed by atoms with Crippen molar-refractivity contribution in [2.45, 2.75) is 6.61 Å². The summed E-state index contributed by atoms with van der Waals surface area (Å²) in [5.41, 5.74) is 2.02. The van der Waals surface area contributed by atoms with Gasteiger partial charge in [-0.3, -0.25) is 19.3 Å². The van der Waals surface area contributed by atoms with Gasteiger partial charge in [-0.05, 0) is 71.9 Å². The van der Waals surface area contributed by atoms with Crippen molar-refractivity contribution in [2.75, 3.05) is 11.9 Å². The molecule has 3 amide bonds. The summed E-state index contributed by atoms with van der Waals surface area (Å²) >= 11 is 18.7. The molecule has 0 unspecified atom stereocenters. The van der Waals surface area contributed by atoms with Gasteiger partial charge in [-0.25, -0.2) is 0 Å². The predicted octanol–water partition coefficient (Wildman–Crippen LogP) is 6.90. The number of benzene rings is 3. The predicted molar refractivity (Wildman–Crippen MR) is 140 cm³/mol. The maximum absolute atomic E-state index is 12.7. The fourth-order valence-corrected chi connectivity index (χ4v) is 4.55. The zero-order valence-corrected chi connectivity index (χ0v) is 21.0. The number of ether oxygens (including phenoxy) is 1. The van der Waals surface area contributed by atoms with Gasteiger partial charge in [0.05, 0.1) is 4.91 Å². The van der Waals surface area contributed by atoms with Crippen LogP contribution in [0.1, 0.15) is 11.1 Å². The molecule has 0 atom stereocenters. The minimum atomic E-state index is -0.524. The Kier molecular flexibility index (Phi) is 8.03. The molecular formula is C25H17Cl3N2O4S. The van der Waals surface area contributed by atoms with Crippen LogP contribution in [-0.2, 0) is 16.2 Å². The summed E-state index contributed by atoms with van der Waals surface area (Å²) in [5.74, 6) is -0.401. The van der Waals surface area contributed by atoms with Gasteiger partial charge >= 0.3 is 0 Å². The largest absolute Gasteiger partial charge is 0.489 e. The lowest BCUT2D eigenvalue weighted by atomic mass is 10.2. The van der Waals surface area contributed by atoms with Crippen molar-refractivity contribution in [3.8, 4) is 5.75 Å². The first-order valence-electron chi connectivity index (χ1n) is 10.3. The van der Waals surface area contributed by atoms with E-state index < -0.39 is 17.1 Å². The van der Waals surface area contributed by atoms with Gasteiger partial charge in [0.2, 0.25) is 5.91 Å². The summed E-state index contributed by atoms with van der Waals surface area (Å²) in [4.78, 5) is 38.5. The second kappa shape index (κ2) is 11.2. The van der Waals surface area contributed by atoms with E-state index in [4.69, 9.17) is 39.5 Å². The van der Waals surface area contributed by atoms with Crippen molar-refractivity contribution in [3.05, 3.63) is 97.8 Å². The van der Waals surface area contributed by atoms with E-state index in [2.05, 4.69) is 5.32 Å². The van der Waals surface area contributed by atoms with Crippen molar-refractivity contribution >= 4 is 75.4 Å². The average Bonchev–Trinajstić information content (AvgIpc) is 3.08. The highest BCUT2D eigenvalue weighted by Gasteiger charge is 2.36. The number of nitrogens with one attached hydrogen (secondary N) is 1. The van der Waals surface area contributed by atoms with Crippen LogP contribution in [0.15, 0.2) is 71.6 Å². The van der Waals surface area contributed by atoms with Crippen LogP contribution in [0.5, 0.6) is 5.75 Å². The van der Waals surface area contributed by atoms with Crippen molar-refractivity contribution < 1.29 is 19.1 Å². The lowest BCUT2D eigenvalue weighted by molar-refractivity contribution is -0.127. The maximum atomic E-state index is 12.7. The zero-order valence-electron chi connectivity index (χ0n) is 18.0. The summed E-state index contributed by atoms with van der Waals surface area (Å²) in [6, 6.07) is 18.7. The summed E-state index contributed by atoms with van der Waals surface area (Å²) in [5, 5.41) is 3.73. The van der Waals surface area contributed by atoms with Crippen molar-refractivity contribution in [2.24, 2.45) is 0 Å². The van der Waals surface area contributed by atoms with E-state index in [9.17, 15) is 14.4 Å². The average molecular weight is 548 g/mol. The Balaban J connectivity index is 1.35. The van der Waals surface area contributed by atoms with Gasteiger partial charge in [0.1, 0.15) is 18.9 Å². The third kappa shape index (κ3) is 6.58. The molecule has 1 aliphatic heterocycles. The Morgan fingerprint density at radius 1 is 0.943 bits per heavy atom. The first-order valence-corrected chi connectivity index (χ1v) is 12.2. The summed E-state index contributed by atoms with van der Waals surface area (Å²) in [6.45, 7) is -0.114. The van der Waals surface area contributed by atoms with Gasteiger partial charge in [0, 0.05) is 26.3 Å². The van der Waals surface area contributed by atoms with E-state index in [0.717, 1.165) is 22.2 Å². The number of rotatable bonds is 7. The Hall–Kier alpha value is -2.97. The minimum Gasteiger partial charge on any atom is -0.489 e. The van der Waals surface area contributed by atoms with Gasteiger partial charge in [0.15, 0.2) is 0 Å². The van der Waals surface area contributed by atoms with Crippen molar-refractivity contribution in [1.29, 1.82) is 0 Å². The molecule has 1 N–H and O–H groups in total. The molecule has 35 heavy (non-hydrogen) atoms. The Morgan fingerprint density at radius 3 is 2.31 bits per heavy atom. The van der Waals surface area contributed by atoms with E-state index in [-0.39, 0.29) is 18.1 Å². The number of amides is 3. The molecule has 0 bridgehead atoms. The molecular weight excluding hydrogens is 531 g/mol. The van der Waals surface area contributed by atoms with E-state index in [0.29, 0.717) is 32.1 Å². The molecule has 0 radical (unpaired) electrons. The molecule has 6 nitrogen and oxygen atoms in total. The van der Waals surface area contributed by atoms with E-state index in [1.807, 2.05) is 0 Å². The molecule has 1 heterocycles. The third-order valence-corrected chi connectivity index (χ3v) is 6.64. The fraction of sp³-hybridized carbons (Fsp3) is 0.0800. The molecule has 1 saturated heterocycles. The first-order chi connectivity index (χ1) is 16.8. The number of nitrogens with zero attached hydrogens (tertiary/aromatic N) is 1. The van der Waals surface area contributed by atoms with Crippen LogP contribution in [-0.4, -0.2) is 28.5 Å². The summed E-state index contributed by atoms with van der Waals surface area (Å²) < 4.78 is 5.76. The lowest BCUT2D eigenvalue weighted by Crippen LogP contribution is -2.36. The van der Waals surface area contributed by atoms with E-state index in [1.165, 1.54) is 0 Å². The Labute approximate surface area is 220 Å². The van der Waals surface area contributed by atoms with Crippen molar-refractivity contribution in [1.82, 2.24) is 4.90 Å². The molecule has 1 aliphatic rings. The zero-order chi connectivity index (χ0) is 24.9. The van der Waals surface area contributed by atoms with Crippen LogP contribution in [0.4, 0.5) is 10.5 Å². The van der Waals surface area contributed by atoms with E-state index >= 15 is 0 Å². The smallest absolute Gasteiger partial charge is 0.294 e. The lowest BCUT2D eigenvalue weighted by Gasteiger charge is -2.12. The van der Waals surface area contributed by atoms with Crippen LogP contribution in [0.3, 0.4) is 0 Å². The number of hydrogen-bond acceptors (Lipinski definition) is 5. The van der Waals surface area contributed by atoms with Crippen LogP contribution < -0.4 is 10.1 Å². The first kappa shape index (κ1) is 25.1. The number of carbonyl (C=O) groups is 3. The number of imide groups is 1. The number of thioether (sulfide) groups is 1. The SMILES string of the molecule is O=C(CN1C(=O)S/C(=C/c2ccc(OCc3ccc(Cl)cc3Cl)cc2)C1=O)Nc1ccc(Cl)cc1. The molecule has 178 valence electrons. The van der Waals surface area contributed by atoms with Gasteiger partial charge in [0.25, 0.3) is 11.1 Å². The van der Waals surface area contributed by atoms with Gasteiger partial charge in [-0.1, -0.05) is 53.0 Å². The highest BCUT2D eigenvalue weighted by molar-refractivity contribution is 8.18. The third-order valence-electron chi connectivity index (χ3n) is 4.89. The highest BCUT2D eigenvalue weighted by atomic mass is 35.5. The molecule has 10 heteroatoms. The van der Waals surface area contributed by atoms with Gasteiger partial charge in [-0.2, -0.15) is 0 Å². The highest BCUT2D eigenvalue weighted by Crippen LogP contribution is 2.32. The van der Waals surface area contributed by atoms with Crippen LogP contribution in [0, 0.1) is 0 Å². The van der Waals surface area contributed by atoms with Crippen LogP contribution in [0.2, 0.25) is 15.1 Å². The van der Waals surface area contributed by atoms with Gasteiger partial charge < -0.3 is 10.1 Å². The molecule has 3 aromatic carbocycles. The number of carbonyl (C=O) groups excluding carboxylic acids is 3. The van der Waals surface area contributed by atoms with E-state index in [1.54, 1.807) is 72.8 Å². The molecule has 4 rings (SSSR count). The van der Waals surface area contributed by atoms with Gasteiger partial charge in [-0.15, -0.1) is 0 Å². The van der Waals surface area contributed by atoms with Crippen LogP contribution >= 0.6 is 46.6 Å². The number of halogens is 3. The topological polar surface area (TPSA) is 75.7 Å².